The Hall–Kier alpha value is -0.730. The number of nitrogens with one attached hydrogen (secondary N) is 1. The van der Waals surface area contributed by atoms with Crippen LogP contribution in [0.4, 0.5) is 0 Å². The highest BCUT2D eigenvalue weighted by atomic mass is 16.6. The molecule has 1 aliphatic heterocycles. The van der Waals surface area contributed by atoms with E-state index >= 15 is 0 Å². The molecule has 6 N–H and O–H groups in total. The number of aliphatic hydroxyl groups excluding tert-OH is 3. The van der Waals surface area contributed by atoms with Crippen LogP contribution in [0.1, 0.15) is 32.6 Å². The van der Waals surface area contributed by atoms with Gasteiger partial charge in [0.15, 0.2) is 6.29 Å². The number of hydrogen-bond acceptors (Lipinski definition) is 6. The third-order valence-electron chi connectivity index (χ3n) is 3.30. The van der Waals surface area contributed by atoms with Crippen LogP contribution in [-0.2, 0) is 9.53 Å². The first-order valence-corrected chi connectivity index (χ1v) is 6.66. The lowest BCUT2D eigenvalue weighted by atomic mass is 9.97. The molecule has 0 unspecified atom stereocenters. The van der Waals surface area contributed by atoms with Crippen LogP contribution in [0.3, 0.4) is 0 Å². The van der Waals surface area contributed by atoms with Gasteiger partial charge in [-0.3, -0.25) is 4.79 Å². The molecule has 0 radical (unpaired) electrons. The summed E-state index contributed by atoms with van der Waals surface area (Å²) < 4.78 is 5.04. The zero-order valence-electron chi connectivity index (χ0n) is 11.2. The van der Waals surface area contributed by atoms with Crippen LogP contribution in [0.25, 0.3) is 0 Å². The van der Waals surface area contributed by atoms with Crippen molar-refractivity contribution >= 4 is 5.91 Å². The van der Waals surface area contributed by atoms with Crippen LogP contribution >= 0.6 is 0 Å². The second-order valence-corrected chi connectivity index (χ2v) is 4.91. The maximum atomic E-state index is 11.7. The molecule has 7 nitrogen and oxygen atoms in total. The number of ether oxygens (including phenoxy) is 1. The normalized spacial score (nSPS) is 35.1. The van der Waals surface area contributed by atoms with Crippen LogP contribution in [-0.4, -0.2) is 58.4 Å². The summed E-state index contributed by atoms with van der Waals surface area (Å²) in [6.07, 6.45) is -1.66. The molecule has 7 heteroatoms. The predicted octanol–water partition coefficient (Wildman–Crippen LogP) is -1.55. The fourth-order valence-corrected chi connectivity index (χ4v) is 2.07. The molecule has 0 aliphatic carbocycles. The highest BCUT2D eigenvalue weighted by Gasteiger charge is 2.42. The molecule has 0 aromatic heterocycles. The van der Waals surface area contributed by atoms with E-state index in [1.807, 2.05) is 0 Å². The number of hydrogen-bond donors (Lipinski definition) is 5. The minimum Gasteiger partial charge on any atom is -0.388 e. The van der Waals surface area contributed by atoms with E-state index in [1.165, 1.54) is 0 Å². The largest absolute Gasteiger partial charge is 0.388 e. The third-order valence-corrected chi connectivity index (χ3v) is 3.30. The second-order valence-electron chi connectivity index (χ2n) is 4.91. The third kappa shape index (κ3) is 4.70. The van der Waals surface area contributed by atoms with Crippen LogP contribution in [0.2, 0.25) is 0 Å². The first kappa shape index (κ1) is 16.3. The van der Waals surface area contributed by atoms with Gasteiger partial charge in [0.2, 0.25) is 5.91 Å². The zero-order chi connectivity index (χ0) is 14.4. The van der Waals surface area contributed by atoms with E-state index in [1.54, 1.807) is 6.92 Å². The predicted molar refractivity (Wildman–Crippen MR) is 68.0 cm³/mol. The Labute approximate surface area is 112 Å². The molecule has 5 atom stereocenters. The van der Waals surface area contributed by atoms with E-state index in [9.17, 15) is 20.1 Å². The Balaban J connectivity index is 2.39. The van der Waals surface area contributed by atoms with E-state index in [0.29, 0.717) is 19.4 Å². The van der Waals surface area contributed by atoms with Crippen LogP contribution in [0, 0.1) is 0 Å². The van der Waals surface area contributed by atoms with Crippen molar-refractivity contribution in [1.82, 2.24) is 5.32 Å². The molecule has 1 fully saturated rings. The Morgan fingerprint density at radius 2 is 1.89 bits per heavy atom. The molecule has 1 rings (SSSR count). The molecule has 0 spiro atoms. The lowest BCUT2D eigenvalue weighted by Gasteiger charge is -2.39. The summed E-state index contributed by atoms with van der Waals surface area (Å²) in [5.41, 5.74) is 5.35. The number of aliphatic hydroxyl groups is 3. The van der Waals surface area contributed by atoms with Gasteiger partial charge in [-0.25, -0.2) is 0 Å². The lowest BCUT2D eigenvalue weighted by molar-refractivity contribution is -0.242. The molecule has 0 bridgehead atoms. The van der Waals surface area contributed by atoms with Gasteiger partial charge in [0.05, 0.1) is 6.10 Å². The van der Waals surface area contributed by atoms with E-state index in [4.69, 9.17) is 10.5 Å². The number of rotatable bonds is 6. The zero-order valence-corrected chi connectivity index (χ0v) is 11.2. The van der Waals surface area contributed by atoms with Crippen molar-refractivity contribution < 1.29 is 24.9 Å². The number of unbranched alkanes of at least 4 members (excludes halogenated alkanes) is 2. The van der Waals surface area contributed by atoms with Crippen molar-refractivity contribution in [2.45, 2.75) is 63.3 Å². The quantitative estimate of drug-likeness (QED) is 0.374. The molecular weight excluding hydrogens is 252 g/mol. The van der Waals surface area contributed by atoms with Gasteiger partial charge >= 0.3 is 0 Å². The highest BCUT2D eigenvalue weighted by molar-refractivity contribution is 5.76. The van der Waals surface area contributed by atoms with Crippen LogP contribution in [0.5, 0.6) is 0 Å². The molecule has 0 aromatic rings. The molecule has 1 heterocycles. The van der Waals surface area contributed by atoms with Crippen molar-refractivity contribution in [2.75, 3.05) is 6.54 Å². The second kappa shape index (κ2) is 7.76. The Bertz CT molecular complexity index is 289. The Morgan fingerprint density at radius 1 is 1.21 bits per heavy atom. The van der Waals surface area contributed by atoms with Gasteiger partial charge in [-0.15, -0.1) is 0 Å². The summed E-state index contributed by atoms with van der Waals surface area (Å²) in [5.74, 6) is -0.287. The molecule has 1 amide bonds. The first-order chi connectivity index (χ1) is 8.97. The van der Waals surface area contributed by atoms with E-state index < -0.39 is 30.6 Å². The maximum absolute atomic E-state index is 11.7. The van der Waals surface area contributed by atoms with Gasteiger partial charge in [0.1, 0.15) is 18.2 Å². The summed E-state index contributed by atoms with van der Waals surface area (Å²) in [7, 11) is 0. The average molecular weight is 276 g/mol. The first-order valence-electron chi connectivity index (χ1n) is 6.66. The maximum Gasteiger partial charge on any atom is 0.220 e. The van der Waals surface area contributed by atoms with E-state index in [0.717, 1.165) is 12.8 Å². The van der Waals surface area contributed by atoms with Gasteiger partial charge < -0.3 is 31.1 Å². The Kier molecular flexibility index (Phi) is 6.67. The standard InChI is InChI=1S/C12H24N2O5/c1-7-10(16)11(17)9(12(18)19-7)14-8(15)5-3-2-4-6-13/h7,9-12,16-18H,2-6,13H2,1H3,(H,14,15)/t7-,9-,10+,11-,12-/m0/s1. The number of nitrogens with two attached hydrogens (primary N) is 1. The van der Waals surface area contributed by atoms with Crippen LogP contribution in [0.15, 0.2) is 0 Å². The van der Waals surface area contributed by atoms with Gasteiger partial charge in [-0.1, -0.05) is 6.42 Å². The number of amides is 1. The number of carbonyl (C=O) groups excluding carboxylic acids is 1. The molecule has 19 heavy (non-hydrogen) atoms. The van der Waals surface area contributed by atoms with Crippen molar-refractivity contribution in [3.63, 3.8) is 0 Å². The van der Waals surface area contributed by atoms with Gasteiger partial charge in [-0.05, 0) is 26.3 Å². The summed E-state index contributed by atoms with van der Waals surface area (Å²) >= 11 is 0. The highest BCUT2D eigenvalue weighted by Crippen LogP contribution is 2.19. The lowest BCUT2D eigenvalue weighted by Crippen LogP contribution is -2.62. The molecular formula is C12H24N2O5. The molecule has 112 valence electrons. The molecule has 1 aliphatic rings. The van der Waals surface area contributed by atoms with Crippen molar-refractivity contribution in [1.29, 1.82) is 0 Å². The SMILES string of the molecule is C[C@@H]1O[C@H](O)[C@@H](NC(=O)CCCCCN)[C@H](O)[C@@H]1O. The van der Waals surface area contributed by atoms with E-state index in [2.05, 4.69) is 5.32 Å². The summed E-state index contributed by atoms with van der Waals surface area (Å²) in [6.45, 7) is 2.14. The molecule has 1 saturated heterocycles. The summed E-state index contributed by atoms with van der Waals surface area (Å²) in [5, 5.41) is 31.6. The molecule has 0 aromatic carbocycles. The number of carbonyl (C=O) groups is 1. The van der Waals surface area contributed by atoms with Gasteiger partial charge in [0.25, 0.3) is 0 Å². The topological polar surface area (TPSA) is 125 Å². The molecule has 0 saturated carbocycles. The van der Waals surface area contributed by atoms with Crippen molar-refractivity contribution in [3.8, 4) is 0 Å². The fraction of sp³-hybridized carbons (Fsp3) is 0.917. The fourth-order valence-electron chi connectivity index (χ4n) is 2.07. The van der Waals surface area contributed by atoms with Crippen molar-refractivity contribution in [3.05, 3.63) is 0 Å². The summed E-state index contributed by atoms with van der Waals surface area (Å²) in [6, 6.07) is -1.01. The Morgan fingerprint density at radius 3 is 2.53 bits per heavy atom. The summed E-state index contributed by atoms with van der Waals surface area (Å²) in [4.78, 5) is 11.7. The average Bonchev–Trinajstić information content (AvgIpc) is 2.37. The minimum absolute atomic E-state index is 0.287. The van der Waals surface area contributed by atoms with Crippen LogP contribution < -0.4 is 11.1 Å². The van der Waals surface area contributed by atoms with Gasteiger partial charge in [0, 0.05) is 6.42 Å². The van der Waals surface area contributed by atoms with Crippen molar-refractivity contribution in [2.24, 2.45) is 5.73 Å². The minimum atomic E-state index is -1.32. The van der Waals surface area contributed by atoms with E-state index in [-0.39, 0.29) is 5.91 Å². The smallest absolute Gasteiger partial charge is 0.220 e. The van der Waals surface area contributed by atoms with Gasteiger partial charge in [-0.2, -0.15) is 0 Å². The monoisotopic (exact) mass is 276 g/mol.